The van der Waals surface area contributed by atoms with Crippen molar-refractivity contribution >= 4 is 39.5 Å². The number of benzene rings is 1. The van der Waals surface area contributed by atoms with Gasteiger partial charge in [-0.15, -0.1) is 0 Å². The number of amides is 4. The number of carbonyl (C=O) groups is 3. The highest BCUT2D eigenvalue weighted by atomic mass is 79.9. The second kappa shape index (κ2) is 5.60. The molecule has 1 N–H and O–H groups in total. The van der Waals surface area contributed by atoms with Crippen LogP contribution in [-0.4, -0.2) is 17.8 Å². The van der Waals surface area contributed by atoms with Crippen molar-refractivity contribution in [2.75, 3.05) is 4.90 Å². The molecule has 1 aromatic carbocycles. The van der Waals surface area contributed by atoms with Crippen LogP contribution in [0.1, 0.15) is 25.7 Å². The summed E-state index contributed by atoms with van der Waals surface area (Å²) in [5, 5.41) is 2.32. The number of urea groups is 1. The van der Waals surface area contributed by atoms with Crippen LogP contribution in [-0.2, 0) is 9.59 Å². The number of hydrogen-bond acceptors (Lipinski definition) is 3. The molecule has 1 atom stereocenters. The monoisotopic (exact) mass is 350 g/mol. The summed E-state index contributed by atoms with van der Waals surface area (Å²) in [6.45, 7) is 0. The summed E-state index contributed by atoms with van der Waals surface area (Å²) in [5.74, 6) is -1.59. The van der Waals surface area contributed by atoms with Gasteiger partial charge in [-0.25, -0.2) is 9.69 Å². The summed E-state index contributed by atoms with van der Waals surface area (Å²) >= 11 is 3.35. The zero-order chi connectivity index (χ0) is 15.0. The molecule has 1 aliphatic carbocycles. The highest BCUT2D eigenvalue weighted by Gasteiger charge is 2.46. The summed E-state index contributed by atoms with van der Waals surface area (Å²) < 4.78 is 0.646. The predicted octanol–water partition coefficient (Wildman–Crippen LogP) is 2.84. The van der Waals surface area contributed by atoms with E-state index in [1.165, 1.54) is 0 Å². The van der Waals surface area contributed by atoms with Gasteiger partial charge in [0.1, 0.15) is 5.92 Å². The smallest absolute Gasteiger partial charge is 0.277 e. The largest absolute Gasteiger partial charge is 0.335 e. The van der Waals surface area contributed by atoms with Crippen LogP contribution in [0.2, 0.25) is 0 Å². The number of barbiturate groups is 1. The minimum absolute atomic E-state index is 0.0376. The van der Waals surface area contributed by atoms with Crippen LogP contribution in [0.15, 0.2) is 28.7 Å². The molecule has 1 aliphatic heterocycles. The zero-order valence-corrected chi connectivity index (χ0v) is 12.9. The van der Waals surface area contributed by atoms with Crippen LogP contribution in [0.5, 0.6) is 0 Å². The Hall–Kier alpha value is -1.69. The van der Waals surface area contributed by atoms with Crippen molar-refractivity contribution < 1.29 is 14.4 Å². The summed E-state index contributed by atoms with van der Waals surface area (Å²) in [4.78, 5) is 37.9. The molecule has 3 rings (SSSR count). The Bertz CT molecular complexity index is 611. The van der Waals surface area contributed by atoms with Crippen LogP contribution >= 0.6 is 15.9 Å². The number of anilines is 1. The number of para-hydroxylation sites is 1. The Kier molecular flexibility index (Phi) is 3.80. The molecule has 1 saturated carbocycles. The number of rotatable bonds is 2. The Morgan fingerprint density at radius 1 is 1.10 bits per heavy atom. The first-order chi connectivity index (χ1) is 10.1. The fourth-order valence-corrected chi connectivity index (χ4v) is 3.62. The number of hydrogen-bond donors (Lipinski definition) is 1. The molecule has 2 fully saturated rings. The maximum atomic E-state index is 12.7. The van der Waals surface area contributed by atoms with E-state index in [-0.39, 0.29) is 5.92 Å². The first-order valence-electron chi connectivity index (χ1n) is 7.03. The molecule has 1 saturated heterocycles. The quantitative estimate of drug-likeness (QED) is 0.834. The van der Waals surface area contributed by atoms with E-state index < -0.39 is 23.8 Å². The summed E-state index contributed by atoms with van der Waals surface area (Å²) in [5.41, 5.74) is 0.468. The van der Waals surface area contributed by atoms with Gasteiger partial charge in [0.15, 0.2) is 0 Å². The van der Waals surface area contributed by atoms with Gasteiger partial charge in [0, 0.05) is 4.47 Å². The molecule has 1 aromatic rings. The van der Waals surface area contributed by atoms with Crippen molar-refractivity contribution in [2.45, 2.75) is 25.7 Å². The maximum Gasteiger partial charge on any atom is 0.335 e. The molecule has 110 valence electrons. The SMILES string of the molecule is O=C1NC(=O)N(c2ccccc2Br)C(=O)C1C1CCCC1. The van der Waals surface area contributed by atoms with Crippen LogP contribution in [0.25, 0.3) is 0 Å². The molecule has 2 aliphatic rings. The Balaban J connectivity index is 1.96. The highest BCUT2D eigenvalue weighted by molar-refractivity contribution is 9.10. The van der Waals surface area contributed by atoms with Gasteiger partial charge >= 0.3 is 6.03 Å². The van der Waals surface area contributed by atoms with Crippen molar-refractivity contribution in [2.24, 2.45) is 11.8 Å². The molecule has 21 heavy (non-hydrogen) atoms. The average Bonchev–Trinajstić information content (AvgIpc) is 2.94. The fourth-order valence-electron chi connectivity index (χ4n) is 3.16. The molecule has 6 heteroatoms. The van der Waals surface area contributed by atoms with E-state index >= 15 is 0 Å². The first-order valence-corrected chi connectivity index (χ1v) is 7.82. The van der Waals surface area contributed by atoms with Gasteiger partial charge in [0.25, 0.3) is 0 Å². The minimum Gasteiger partial charge on any atom is -0.277 e. The topological polar surface area (TPSA) is 66.5 Å². The van der Waals surface area contributed by atoms with Crippen molar-refractivity contribution in [1.82, 2.24) is 5.32 Å². The van der Waals surface area contributed by atoms with Crippen LogP contribution in [0.3, 0.4) is 0 Å². The highest BCUT2D eigenvalue weighted by Crippen LogP contribution is 2.36. The number of imide groups is 2. The molecular weight excluding hydrogens is 336 g/mol. The van der Waals surface area contributed by atoms with E-state index in [4.69, 9.17) is 0 Å². The molecule has 1 unspecified atom stereocenters. The lowest BCUT2D eigenvalue weighted by Crippen LogP contribution is -2.59. The molecule has 0 radical (unpaired) electrons. The predicted molar refractivity (Wildman–Crippen MR) is 80.6 cm³/mol. The standard InChI is InChI=1S/C15H15BrN2O3/c16-10-7-3-4-8-11(10)18-14(20)12(9-5-1-2-6-9)13(19)17-15(18)21/h3-4,7-9,12H,1-2,5-6H2,(H,17,19,21). The average molecular weight is 351 g/mol. The van der Waals surface area contributed by atoms with Gasteiger partial charge in [0.2, 0.25) is 11.8 Å². The molecular formula is C15H15BrN2O3. The van der Waals surface area contributed by atoms with Gasteiger partial charge in [-0.05, 0) is 46.8 Å². The van der Waals surface area contributed by atoms with Gasteiger partial charge in [-0.2, -0.15) is 0 Å². The Morgan fingerprint density at radius 3 is 2.43 bits per heavy atom. The lowest BCUT2D eigenvalue weighted by molar-refractivity contribution is -0.136. The van der Waals surface area contributed by atoms with Crippen molar-refractivity contribution in [3.63, 3.8) is 0 Å². The number of nitrogens with zero attached hydrogens (tertiary/aromatic N) is 1. The van der Waals surface area contributed by atoms with Crippen molar-refractivity contribution in [1.29, 1.82) is 0 Å². The van der Waals surface area contributed by atoms with Gasteiger partial charge in [-0.3, -0.25) is 14.9 Å². The summed E-state index contributed by atoms with van der Waals surface area (Å²) in [6, 6.07) is 6.33. The molecule has 5 nitrogen and oxygen atoms in total. The molecule has 0 bridgehead atoms. The normalized spacial score (nSPS) is 23.6. The third-order valence-electron chi connectivity index (χ3n) is 4.17. The zero-order valence-electron chi connectivity index (χ0n) is 11.3. The van der Waals surface area contributed by atoms with E-state index in [1.807, 2.05) is 0 Å². The van der Waals surface area contributed by atoms with Crippen LogP contribution in [0.4, 0.5) is 10.5 Å². The molecule has 0 aromatic heterocycles. The lowest BCUT2D eigenvalue weighted by Gasteiger charge is -2.33. The van der Waals surface area contributed by atoms with Crippen LogP contribution in [0, 0.1) is 11.8 Å². The molecule has 0 spiro atoms. The Labute approximate surface area is 130 Å². The maximum absolute atomic E-state index is 12.7. The number of halogens is 1. The summed E-state index contributed by atoms with van der Waals surface area (Å²) in [7, 11) is 0. The molecule has 1 heterocycles. The lowest BCUT2D eigenvalue weighted by atomic mass is 9.87. The second-order valence-electron chi connectivity index (χ2n) is 5.44. The van der Waals surface area contributed by atoms with E-state index in [9.17, 15) is 14.4 Å². The van der Waals surface area contributed by atoms with Crippen molar-refractivity contribution in [3.05, 3.63) is 28.7 Å². The van der Waals surface area contributed by atoms with E-state index in [0.29, 0.717) is 10.2 Å². The van der Waals surface area contributed by atoms with E-state index in [0.717, 1.165) is 30.6 Å². The van der Waals surface area contributed by atoms with E-state index in [1.54, 1.807) is 24.3 Å². The Morgan fingerprint density at radius 2 is 1.76 bits per heavy atom. The fraction of sp³-hybridized carbons (Fsp3) is 0.400. The van der Waals surface area contributed by atoms with Gasteiger partial charge in [-0.1, -0.05) is 25.0 Å². The van der Waals surface area contributed by atoms with Gasteiger partial charge < -0.3 is 0 Å². The molecule has 4 amide bonds. The number of nitrogens with one attached hydrogen (secondary N) is 1. The van der Waals surface area contributed by atoms with Crippen molar-refractivity contribution in [3.8, 4) is 0 Å². The van der Waals surface area contributed by atoms with Gasteiger partial charge in [0.05, 0.1) is 5.69 Å². The van der Waals surface area contributed by atoms with E-state index in [2.05, 4.69) is 21.2 Å². The third-order valence-corrected chi connectivity index (χ3v) is 4.84. The number of carbonyl (C=O) groups excluding carboxylic acids is 3. The first kappa shape index (κ1) is 14.3. The van der Waals surface area contributed by atoms with Crippen LogP contribution < -0.4 is 10.2 Å². The summed E-state index contributed by atoms with van der Waals surface area (Å²) in [6.07, 6.45) is 3.79. The second-order valence-corrected chi connectivity index (χ2v) is 6.30. The minimum atomic E-state index is -0.752. The third kappa shape index (κ3) is 2.48.